The Morgan fingerprint density at radius 3 is 2.76 bits per heavy atom. The van der Waals surface area contributed by atoms with E-state index in [1.807, 2.05) is 20.0 Å². The lowest BCUT2D eigenvalue weighted by atomic mass is 10.1. The van der Waals surface area contributed by atoms with E-state index in [0.717, 1.165) is 17.0 Å². The van der Waals surface area contributed by atoms with Crippen molar-refractivity contribution in [3.63, 3.8) is 0 Å². The molecule has 2 aromatic rings. The van der Waals surface area contributed by atoms with E-state index in [4.69, 9.17) is 5.11 Å². The number of fused-ring (bicyclic) bond motifs is 1. The number of benzene rings is 1. The van der Waals surface area contributed by atoms with Crippen LogP contribution < -0.4 is 4.90 Å². The van der Waals surface area contributed by atoms with Crippen molar-refractivity contribution in [2.24, 2.45) is 7.05 Å². The lowest BCUT2D eigenvalue weighted by Gasteiger charge is -2.17. The topological polar surface area (TPSA) is 75.4 Å². The fourth-order valence-electron chi connectivity index (χ4n) is 2.64. The number of aryl methyl sites for hydroxylation is 2. The van der Waals surface area contributed by atoms with Gasteiger partial charge in [0, 0.05) is 12.7 Å². The first-order chi connectivity index (χ1) is 9.95. The molecule has 6 heteroatoms. The van der Waals surface area contributed by atoms with Gasteiger partial charge in [-0.25, -0.2) is 4.79 Å². The van der Waals surface area contributed by atoms with Crippen molar-refractivity contribution in [1.29, 1.82) is 0 Å². The molecule has 0 unspecified atom stereocenters. The van der Waals surface area contributed by atoms with Crippen LogP contribution in [0.25, 0.3) is 0 Å². The molecule has 0 saturated heterocycles. The summed E-state index contributed by atoms with van der Waals surface area (Å²) >= 11 is 0. The predicted octanol–water partition coefficient (Wildman–Crippen LogP) is 1.52. The zero-order valence-electron chi connectivity index (χ0n) is 11.8. The van der Waals surface area contributed by atoms with Gasteiger partial charge in [0.25, 0.3) is 0 Å². The molecule has 0 radical (unpaired) electrons. The third kappa shape index (κ3) is 2.29. The van der Waals surface area contributed by atoms with Crippen molar-refractivity contribution in [2.75, 3.05) is 4.90 Å². The van der Waals surface area contributed by atoms with Gasteiger partial charge in [0.1, 0.15) is 0 Å². The Morgan fingerprint density at radius 2 is 2.14 bits per heavy atom. The molecule has 1 aromatic heterocycles. The zero-order valence-corrected chi connectivity index (χ0v) is 11.8. The molecule has 1 aliphatic heterocycles. The van der Waals surface area contributed by atoms with Gasteiger partial charge in [-0.2, -0.15) is 5.10 Å². The van der Waals surface area contributed by atoms with Crippen LogP contribution in [0.5, 0.6) is 0 Å². The van der Waals surface area contributed by atoms with Crippen molar-refractivity contribution < 1.29 is 14.7 Å². The third-order valence-electron chi connectivity index (χ3n) is 3.68. The van der Waals surface area contributed by atoms with Gasteiger partial charge in [0.05, 0.1) is 29.9 Å². The van der Waals surface area contributed by atoms with Crippen molar-refractivity contribution in [2.45, 2.75) is 19.9 Å². The molecule has 2 heterocycles. The first-order valence-corrected chi connectivity index (χ1v) is 6.62. The Kier molecular flexibility index (Phi) is 3.01. The predicted molar refractivity (Wildman–Crippen MR) is 76.2 cm³/mol. The maximum Gasteiger partial charge on any atom is 0.335 e. The minimum atomic E-state index is -0.992. The third-order valence-corrected chi connectivity index (χ3v) is 3.68. The van der Waals surface area contributed by atoms with Crippen LogP contribution in [-0.2, 0) is 24.8 Å². The van der Waals surface area contributed by atoms with Crippen molar-refractivity contribution in [1.82, 2.24) is 9.78 Å². The van der Waals surface area contributed by atoms with Crippen LogP contribution in [0.3, 0.4) is 0 Å². The number of aromatic carboxylic acids is 1. The summed E-state index contributed by atoms with van der Waals surface area (Å²) in [6.07, 6.45) is 0.312. The molecule has 1 amide bonds. The molecular weight excluding hydrogens is 270 g/mol. The number of hydrogen-bond donors (Lipinski definition) is 1. The molecule has 1 N–H and O–H groups in total. The number of nitrogens with zero attached hydrogens (tertiary/aromatic N) is 3. The number of aromatic nitrogens is 2. The molecule has 0 bridgehead atoms. The molecule has 0 fully saturated rings. The molecule has 0 saturated carbocycles. The van der Waals surface area contributed by atoms with Crippen LogP contribution in [0.2, 0.25) is 0 Å². The molecule has 21 heavy (non-hydrogen) atoms. The van der Waals surface area contributed by atoms with Gasteiger partial charge in [-0.3, -0.25) is 9.48 Å². The number of rotatable bonds is 3. The number of carboxylic acid groups (broad SMARTS) is 1. The van der Waals surface area contributed by atoms with Crippen molar-refractivity contribution >= 4 is 17.6 Å². The fraction of sp³-hybridized carbons (Fsp3) is 0.267. The van der Waals surface area contributed by atoms with E-state index in [-0.39, 0.29) is 11.5 Å². The van der Waals surface area contributed by atoms with Crippen LogP contribution in [0, 0.1) is 6.92 Å². The van der Waals surface area contributed by atoms with Crippen LogP contribution in [0.15, 0.2) is 24.3 Å². The maximum atomic E-state index is 12.2. The standard InChI is InChI=1S/C15H15N3O3/c1-9-5-12(17(2)16-9)8-18-13-6-11(15(20)21)4-3-10(13)7-14(18)19/h3-6H,7-8H2,1-2H3,(H,20,21). The molecule has 0 aliphatic carbocycles. The highest BCUT2D eigenvalue weighted by atomic mass is 16.4. The minimum Gasteiger partial charge on any atom is -0.478 e. The molecule has 1 aliphatic rings. The number of hydrogen-bond acceptors (Lipinski definition) is 3. The Labute approximate surface area is 121 Å². The second-order valence-electron chi connectivity index (χ2n) is 5.21. The maximum absolute atomic E-state index is 12.2. The van der Waals surface area contributed by atoms with Crippen LogP contribution in [0.4, 0.5) is 5.69 Å². The normalized spacial score (nSPS) is 13.6. The Morgan fingerprint density at radius 1 is 1.38 bits per heavy atom. The first kappa shape index (κ1) is 13.4. The van der Waals surface area contributed by atoms with Gasteiger partial charge in [0.2, 0.25) is 5.91 Å². The van der Waals surface area contributed by atoms with Gasteiger partial charge in [-0.1, -0.05) is 6.07 Å². The molecule has 0 spiro atoms. The van der Waals surface area contributed by atoms with Gasteiger partial charge in [-0.05, 0) is 30.7 Å². The Balaban J connectivity index is 1.97. The Bertz CT molecular complexity index is 749. The number of carbonyl (C=O) groups is 2. The SMILES string of the molecule is Cc1cc(CN2C(=O)Cc3ccc(C(=O)O)cc32)n(C)n1. The number of carboxylic acids is 1. The molecule has 1 aromatic carbocycles. The summed E-state index contributed by atoms with van der Waals surface area (Å²) in [5.74, 6) is -1.01. The monoisotopic (exact) mass is 285 g/mol. The summed E-state index contributed by atoms with van der Waals surface area (Å²) in [6, 6.07) is 6.73. The van der Waals surface area contributed by atoms with Crippen LogP contribution in [-0.4, -0.2) is 26.8 Å². The van der Waals surface area contributed by atoms with Crippen molar-refractivity contribution in [3.8, 4) is 0 Å². The number of amides is 1. The molecular formula is C15H15N3O3. The minimum absolute atomic E-state index is 0.0219. The van der Waals surface area contributed by atoms with E-state index in [2.05, 4.69) is 5.10 Å². The van der Waals surface area contributed by atoms with E-state index in [1.54, 1.807) is 21.7 Å². The van der Waals surface area contributed by atoms with E-state index in [0.29, 0.717) is 18.7 Å². The van der Waals surface area contributed by atoms with Gasteiger partial charge < -0.3 is 10.0 Å². The molecule has 108 valence electrons. The van der Waals surface area contributed by atoms with Crippen molar-refractivity contribution in [3.05, 3.63) is 46.8 Å². The number of carbonyl (C=O) groups excluding carboxylic acids is 1. The van der Waals surface area contributed by atoms with Crippen LogP contribution >= 0.6 is 0 Å². The van der Waals surface area contributed by atoms with E-state index >= 15 is 0 Å². The summed E-state index contributed by atoms with van der Waals surface area (Å²) in [5, 5.41) is 13.4. The van der Waals surface area contributed by atoms with Gasteiger partial charge >= 0.3 is 5.97 Å². The fourth-order valence-corrected chi connectivity index (χ4v) is 2.64. The summed E-state index contributed by atoms with van der Waals surface area (Å²) in [7, 11) is 1.83. The summed E-state index contributed by atoms with van der Waals surface area (Å²) in [6.45, 7) is 2.29. The quantitative estimate of drug-likeness (QED) is 0.927. The summed E-state index contributed by atoms with van der Waals surface area (Å²) in [5.41, 5.74) is 3.53. The largest absolute Gasteiger partial charge is 0.478 e. The molecule has 0 atom stereocenters. The van der Waals surface area contributed by atoms with Gasteiger partial charge in [0.15, 0.2) is 0 Å². The van der Waals surface area contributed by atoms with Crippen LogP contribution in [0.1, 0.15) is 27.3 Å². The first-order valence-electron chi connectivity index (χ1n) is 6.62. The summed E-state index contributed by atoms with van der Waals surface area (Å²) in [4.78, 5) is 24.9. The highest BCUT2D eigenvalue weighted by molar-refractivity contribution is 6.02. The lowest BCUT2D eigenvalue weighted by Crippen LogP contribution is -2.27. The summed E-state index contributed by atoms with van der Waals surface area (Å²) < 4.78 is 1.74. The molecule has 3 rings (SSSR count). The van der Waals surface area contributed by atoms with E-state index in [1.165, 1.54) is 6.07 Å². The smallest absolute Gasteiger partial charge is 0.335 e. The second kappa shape index (κ2) is 4.73. The average Bonchev–Trinajstić information content (AvgIpc) is 2.90. The van der Waals surface area contributed by atoms with Gasteiger partial charge in [-0.15, -0.1) is 0 Å². The highest BCUT2D eigenvalue weighted by Gasteiger charge is 2.28. The lowest BCUT2D eigenvalue weighted by molar-refractivity contribution is -0.117. The Hall–Kier alpha value is -2.63. The van der Waals surface area contributed by atoms with E-state index < -0.39 is 5.97 Å². The molecule has 6 nitrogen and oxygen atoms in total. The zero-order chi connectivity index (χ0) is 15.1. The average molecular weight is 285 g/mol. The second-order valence-corrected chi connectivity index (χ2v) is 5.21. The number of anilines is 1. The highest BCUT2D eigenvalue weighted by Crippen LogP contribution is 2.31. The van der Waals surface area contributed by atoms with E-state index in [9.17, 15) is 9.59 Å².